The molecule has 1 aromatic heterocycles. The number of thiophene rings is 1. The van der Waals surface area contributed by atoms with Crippen LogP contribution in [0.1, 0.15) is 21.7 Å². The number of carboxylic acid groups (broad SMARTS) is 1. The van der Waals surface area contributed by atoms with Gasteiger partial charge in [0, 0.05) is 30.0 Å². The van der Waals surface area contributed by atoms with E-state index in [-0.39, 0.29) is 36.0 Å². The van der Waals surface area contributed by atoms with Gasteiger partial charge in [-0.15, -0.1) is 11.3 Å². The fourth-order valence-corrected chi connectivity index (χ4v) is 4.06. The number of nitrogens with one attached hydrogen (secondary N) is 3. The van der Waals surface area contributed by atoms with E-state index in [1.807, 2.05) is 5.32 Å². The highest BCUT2D eigenvalue weighted by molar-refractivity contribution is 7.18. The minimum atomic E-state index is -3.00. The fraction of sp³-hybridized carbons (Fsp3) is 0.300. The molecule has 4 N–H and O–H groups in total. The van der Waals surface area contributed by atoms with Crippen molar-refractivity contribution >= 4 is 58.1 Å². The number of anilines is 2. The highest BCUT2D eigenvalue weighted by Gasteiger charge is 2.26. The summed E-state index contributed by atoms with van der Waals surface area (Å²) in [4.78, 5) is 49.5. The van der Waals surface area contributed by atoms with E-state index in [0.717, 1.165) is 17.4 Å². The second kappa shape index (κ2) is 11.2. The number of benzene rings is 1. The summed E-state index contributed by atoms with van der Waals surface area (Å²) in [6, 6.07) is 5.13. The smallest absolute Gasteiger partial charge is 0.405 e. The second-order valence-corrected chi connectivity index (χ2v) is 8.69. The van der Waals surface area contributed by atoms with E-state index in [1.165, 1.54) is 29.2 Å². The lowest BCUT2D eigenvalue weighted by molar-refractivity contribution is -0.125. The Labute approximate surface area is 200 Å². The molecule has 1 aliphatic rings. The van der Waals surface area contributed by atoms with Gasteiger partial charge in [-0.2, -0.15) is 0 Å². The molecule has 1 fully saturated rings. The zero-order valence-corrected chi connectivity index (χ0v) is 18.9. The van der Waals surface area contributed by atoms with E-state index in [0.29, 0.717) is 4.34 Å². The normalized spacial score (nSPS) is 14.6. The molecular weight excluding hydrogens is 498 g/mol. The number of carbonyl (C=O) groups is 4. The number of rotatable bonds is 8. The molecule has 1 aliphatic heterocycles. The van der Waals surface area contributed by atoms with Crippen molar-refractivity contribution in [1.29, 1.82) is 0 Å². The van der Waals surface area contributed by atoms with Crippen molar-refractivity contribution in [3.05, 3.63) is 45.1 Å². The molecule has 1 saturated heterocycles. The molecule has 0 radical (unpaired) electrons. The summed E-state index contributed by atoms with van der Waals surface area (Å²) >= 11 is 6.77. The molecule has 0 bridgehead atoms. The third kappa shape index (κ3) is 6.40. The number of halogens is 3. The van der Waals surface area contributed by atoms with Gasteiger partial charge >= 0.3 is 6.09 Å². The molecule has 0 spiro atoms. The van der Waals surface area contributed by atoms with E-state index >= 15 is 0 Å². The summed E-state index contributed by atoms with van der Waals surface area (Å²) in [7, 11) is 0. The van der Waals surface area contributed by atoms with Crippen LogP contribution in [0.2, 0.25) is 4.34 Å². The Morgan fingerprint density at radius 2 is 2.00 bits per heavy atom. The number of nitrogens with zero attached hydrogens (tertiary/aromatic N) is 1. The van der Waals surface area contributed by atoms with Crippen LogP contribution in [0.3, 0.4) is 0 Å². The molecule has 0 unspecified atom stereocenters. The molecule has 0 saturated carbocycles. The average molecular weight is 517 g/mol. The maximum Gasteiger partial charge on any atom is 0.405 e. The van der Waals surface area contributed by atoms with Gasteiger partial charge in [0.05, 0.1) is 15.8 Å². The molecule has 4 amide bonds. The Hall–Kier alpha value is -3.29. The number of ether oxygens (including phenoxy) is 1. The van der Waals surface area contributed by atoms with Crippen LogP contribution in [0.4, 0.5) is 25.0 Å². The summed E-state index contributed by atoms with van der Waals surface area (Å²) in [5, 5.41) is 15.7. The lowest BCUT2D eigenvalue weighted by Crippen LogP contribution is -2.50. The SMILES string of the molecule is O=C(O)N[C@@H](CNC(=O)c1ccc(Cl)s1)C(=O)Nc1ccc(N2CCOCC2=O)cc1C(F)F. The number of morpholine rings is 1. The predicted molar refractivity (Wildman–Crippen MR) is 120 cm³/mol. The summed E-state index contributed by atoms with van der Waals surface area (Å²) in [5.74, 6) is -1.95. The van der Waals surface area contributed by atoms with Crippen molar-refractivity contribution in [2.45, 2.75) is 12.5 Å². The van der Waals surface area contributed by atoms with Crippen LogP contribution < -0.4 is 20.9 Å². The summed E-state index contributed by atoms with van der Waals surface area (Å²) in [6.45, 7) is -0.182. The molecule has 0 aliphatic carbocycles. The largest absolute Gasteiger partial charge is 0.465 e. The molecule has 182 valence electrons. The number of carbonyl (C=O) groups excluding carboxylic acids is 3. The minimum absolute atomic E-state index is 0.172. The zero-order chi connectivity index (χ0) is 24.8. The lowest BCUT2D eigenvalue weighted by Gasteiger charge is -2.27. The van der Waals surface area contributed by atoms with E-state index in [1.54, 1.807) is 0 Å². The highest BCUT2D eigenvalue weighted by Crippen LogP contribution is 2.32. The molecule has 1 aromatic carbocycles. The Balaban J connectivity index is 1.74. The van der Waals surface area contributed by atoms with Crippen LogP contribution >= 0.6 is 22.9 Å². The molecule has 10 nitrogen and oxygen atoms in total. The highest BCUT2D eigenvalue weighted by atomic mass is 35.5. The van der Waals surface area contributed by atoms with Crippen LogP contribution in [0.5, 0.6) is 0 Å². The van der Waals surface area contributed by atoms with Gasteiger partial charge in [0.1, 0.15) is 12.6 Å². The van der Waals surface area contributed by atoms with Gasteiger partial charge in [-0.25, -0.2) is 13.6 Å². The standard InChI is InChI=1S/C20H19ClF2N4O6S/c21-15-4-3-14(34-15)19(30)24-8-13(26-20(31)32)18(29)25-12-2-1-10(7-11(12)17(22)23)27-5-6-33-9-16(27)28/h1-4,7,13,17,26H,5-6,8-9H2,(H,24,30)(H,25,29)(H,31,32)/t13-/m0/s1. The van der Waals surface area contributed by atoms with Crippen LogP contribution in [0, 0.1) is 0 Å². The molecule has 3 rings (SSSR count). The number of amides is 4. The Kier molecular flexibility index (Phi) is 8.36. The van der Waals surface area contributed by atoms with Crippen LogP contribution in [-0.2, 0) is 14.3 Å². The van der Waals surface area contributed by atoms with Gasteiger partial charge < -0.3 is 30.7 Å². The van der Waals surface area contributed by atoms with Crippen molar-refractivity contribution in [3.63, 3.8) is 0 Å². The van der Waals surface area contributed by atoms with Gasteiger partial charge in [0.25, 0.3) is 18.2 Å². The lowest BCUT2D eigenvalue weighted by atomic mass is 10.1. The Morgan fingerprint density at radius 3 is 2.62 bits per heavy atom. The fourth-order valence-electron chi connectivity index (χ4n) is 3.10. The van der Waals surface area contributed by atoms with E-state index < -0.39 is 48.4 Å². The molecule has 2 aromatic rings. The van der Waals surface area contributed by atoms with Crippen molar-refractivity contribution in [2.24, 2.45) is 0 Å². The molecular formula is C20H19ClF2N4O6S. The molecule has 1 atom stereocenters. The van der Waals surface area contributed by atoms with Crippen molar-refractivity contribution in [1.82, 2.24) is 10.6 Å². The van der Waals surface area contributed by atoms with E-state index in [4.69, 9.17) is 21.4 Å². The van der Waals surface area contributed by atoms with Crippen molar-refractivity contribution in [3.8, 4) is 0 Å². The first-order valence-electron chi connectivity index (χ1n) is 9.79. The van der Waals surface area contributed by atoms with Crippen LogP contribution in [0.15, 0.2) is 30.3 Å². The van der Waals surface area contributed by atoms with Crippen molar-refractivity contribution in [2.75, 3.05) is 36.5 Å². The third-order valence-electron chi connectivity index (χ3n) is 4.70. The number of alkyl halides is 2. The quantitative estimate of drug-likeness (QED) is 0.426. The first-order valence-corrected chi connectivity index (χ1v) is 11.0. The maximum atomic E-state index is 13.7. The average Bonchev–Trinajstić information content (AvgIpc) is 3.23. The van der Waals surface area contributed by atoms with Crippen LogP contribution in [0.25, 0.3) is 0 Å². The number of hydrogen-bond acceptors (Lipinski definition) is 6. The van der Waals surface area contributed by atoms with E-state index in [2.05, 4.69) is 10.6 Å². The van der Waals surface area contributed by atoms with Crippen LogP contribution in [-0.4, -0.2) is 61.3 Å². The Morgan fingerprint density at radius 1 is 1.24 bits per heavy atom. The topological polar surface area (TPSA) is 137 Å². The van der Waals surface area contributed by atoms with Gasteiger partial charge in [0.15, 0.2) is 0 Å². The summed E-state index contributed by atoms with van der Waals surface area (Å²) < 4.78 is 32.8. The number of hydrogen-bond donors (Lipinski definition) is 4. The zero-order valence-electron chi connectivity index (χ0n) is 17.3. The summed E-state index contributed by atoms with van der Waals surface area (Å²) in [6.07, 6.45) is -4.55. The second-order valence-electron chi connectivity index (χ2n) is 6.98. The molecule has 34 heavy (non-hydrogen) atoms. The molecule has 14 heteroatoms. The first kappa shape index (κ1) is 25.3. The van der Waals surface area contributed by atoms with Gasteiger partial charge in [-0.3, -0.25) is 14.4 Å². The third-order valence-corrected chi connectivity index (χ3v) is 5.93. The van der Waals surface area contributed by atoms with Gasteiger partial charge in [0.2, 0.25) is 5.91 Å². The summed E-state index contributed by atoms with van der Waals surface area (Å²) in [5.41, 5.74) is -0.613. The van der Waals surface area contributed by atoms with E-state index in [9.17, 15) is 28.0 Å². The Bertz CT molecular complexity index is 1100. The minimum Gasteiger partial charge on any atom is -0.465 e. The van der Waals surface area contributed by atoms with Gasteiger partial charge in [-0.1, -0.05) is 11.6 Å². The first-order chi connectivity index (χ1) is 16.2. The van der Waals surface area contributed by atoms with Crippen molar-refractivity contribution < 1.29 is 37.8 Å². The predicted octanol–water partition coefficient (Wildman–Crippen LogP) is 2.71. The maximum absolute atomic E-state index is 13.7. The monoisotopic (exact) mass is 516 g/mol. The van der Waals surface area contributed by atoms with Gasteiger partial charge in [-0.05, 0) is 30.3 Å². The molecule has 2 heterocycles.